The topological polar surface area (TPSA) is 41.6 Å². The summed E-state index contributed by atoms with van der Waals surface area (Å²) in [5.74, 6) is 1.38. The van der Waals surface area contributed by atoms with Crippen molar-refractivity contribution in [2.24, 2.45) is 5.92 Å². The summed E-state index contributed by atoms with van der Waals surface area (Å²) in [6.07, 6.45) is 11.8. The summed E-state index contributed by atoms with van der Waals surface area (Å²) < 4.78 is 2.02. The average Bonchev–Trinajstić information content (AvgIpc) is 3.38. The van der Waals surface area contributed by atoms with Crippen molar-refractivity contribution in [3.8, 4) is 17.5 Å². The van der Waals surface area contributed by atoms with E-state index < -0.39 is 0 Å². The van der Waals surface area contributed by atoms with Crippen LogP contribution in [0.3, 0.4) is 0 Å². The van der Waals surface area contributed by atoms with Gasteiger partial charge in [0.15, 0.2) is 0 Å². The molecule has 1 aromatic heterocycles. The fourth-order valence-corrected chi connectivity index (χ4v) is 3.99. The molecule has 3 aromatic carbocycles. The molecular formula is C31H34BN3. The first-order valence-corrected chi connectivity index (χ1v) is 12.4. The molecule has 1 unspecified atom stereocenters. The second kappa shape index (κ2) is 14.4. The minimum absolute atomic E-state index is 0.00309. The van der Waals surface area contributed by atoms with Gasteiger partial charge in [-0.05, 0) is 30.9 Å². The van der Waals surface area contributed by atoms with Gasteiger partial charge in [-0.2, -0.15) is 5.26 Å². The lowest BCUT2D eigenvalue weighted by Gasteiger charge is -2.16. The molecule has 4 aromatic rings. The molecule has 0 N–H and O–H groups in total. The van der Waals surface area contributed by atoms with Crippen LogP contribution in [0, 0.1) is 17.2 Å². The van der Waals surface area contributed by atoms with Crippen molar-refractivity contribution < 1.29 is 0 Å². The number of aromatic nitrogens is 2. The standard InChI is InChI=1S/C18H21B.C13H13N3/c19-15-9-3-8-14-18(16-10-4-1-5-11-16)17-12-6-2-7-13-17;1-11(9-14)10-16-8-7-15-13(16)12-5-3-2-4-6-12/h1-8,10-13,18H,9,14-15,19H2;2-8,11H,10H2,1H3. The maximum atomic E-state index is 8.81. The van der Waals surface area contributed by atoms with Crippen LogP contribution in [0.15, 0.2) is 116 Å². The van der Waals surface area contributed by atoms with Gasteiger partial charge in [0.1, 0.15) is 13.7 Å². The Labute approximate surface area is 211 Å². The molecule has 35 heavy (non-hydrogen) atoms. The van der Waals surface area contributed by atoms with E-state index in [9.17, 15) is 0 Å². The van der Waals surface area contributed by atoms with Crippen molar-refractivity contribution >= 4 is 7.85 Å². The van der Waals surface area contributed by atoms with E-state index in [0.717, 1.165) is 17.8 Å². The maximum Gasteiger partial charge on any atom is 0.139 e. The number of benzene rings is 3. The van der Waals surface area contributed by atoms with Gasteiger partial charge < -0.3 is 4.57 Å². The molecule has 1 atom stereocenters. The first-order chi connectivity index (χ1) is 17.2. The summed E-state index contributed by atoms with van der Waals surface area (Å²) in [4.78, 5) is 4.33. The van der Waals surface area contributed by atoms with E-state index in [1.165, 1.54) is 23.9 Å². The summed E-state index contributed by atoms with van der Waals surface area (Å²) >= 11 is 0. The molecule has 1 heterocycles. The van der Waals surface area contributed by atoms with Crippen LogP contribution in [-0.2, 0) is 6.54 Å². The minimum Gasteiger partial charge on any atom is -0.330 e. The summed E-state index contributed by atoms with van der Waals surface area (Å²) in [6, 6.07) is 33.8. The fraction of sp³-hybridized carbons (Fsp3) is 0.226. The highest BCUT2D eigenvalue weighted by atomic mass is 15.1. The zero-order valence-electron chi connectivity index (χ0n) is 20.8. The molecule has 4 heteroatoms. The van der Waals surface area contributed by atoms with Crippen LogP contribution in [0.1, 0.15) is 36.8 Å². The van der Waals surface area contributed by atoms with Gasteiger partial charge in [0.2, 0.25) is 0 Å². The Morgan fingerprint density at radius 2 is 1.46 bits per heavy atom. The third-order valence-electron chi connectivity index (χ3n) is 5.84. The van der Waals surface area contributed by atoms with Crippen molar-refractivity contribution in [3.63, 3.8) is 0 Å². The van der Waals surface area contributed by atoms with Crippen LogP contribution >= 0.6 is 0 Å². The Balaban J connectivity index is 0.000000198. The predicted octanol–water partition coefficient (Wildman–Crippen LogP) is 6.92. The normalized spacial score (nSPS) is 11.6. The summed E-state index contributed by atoms with van der Waals surface area (Å²) in [6.45, 7) is 2.59. The van der Waals surface area contributed by atoms with Gasteiger partial charge in [-0.25, -0.2) is 4.98 Å². The number of allylic oxidation sites excluding steroid dienone is 2. The lowest BCUT2D eigenvalue weighted by atomic mass is 9.88. The third-order valence-corrected chi connectivity index (χ3v) is 5.84. The van der Waals surface area contributed by atoms with Crippen molar-refractivity contribution in [2.45, 2.75) is 38.5 Å². The van der Waals surface area contributed by atoms with Crippen LogP contribution in [0.25, 0.3) is 11.4 Å². The van der Waals surface area contributed by atoms with E-state index in [2.05, 4.69) is 91.7 Å². The highest BCUT2D eigenvalue weighted by molar-refractivity contribution is 6.08. The molecule has 0 amide bonds. The quantitative estimate of drug-likeness (QED) is 0.201. The summed E-state index contributed by atoms with van der Waals surface area (Å²) in [5, 5.41) is 8.81. The first kappa shape index (κ1) is 25.8. The molecule has 0 saturated carbocycles. The Morgan fingerprint density at radius 1 is 0.886 bits per heavy atom. The van der Waals surface area contributed by atoms with E-state index in [1.807, 2.05) is 48.0 Å². The molecule has 4 rings (SSSR count). The number of nitriles is 1. The zero-order valence-corrected chi connectivity index (χ0v) is 20.8. The second-order valence-electron chi connectivity index (χ2n) is 8.67. The molecule has 0 spiro atoms. The predicted molar refractivity (Wildman–Crippen MR) is 149 cm³/mol. The highest BCUT2D eigenvalue weighted by Gasteiger charge is 2.11. The fourth-order valence-electron chi connectivity index (χ4n) is 3.99. The molecule has 176 valence electrons. The monoisotopic (exact) mass is 459 g/mol. The summed E-state index contributed by atoms with van der Waals surface area (Å²) in [5.41, 5.74) is 3.88. The van der Waals surface area contributed by atoms with Crippen molar-refractivity contribution in [1.82, 2.24) is 9.55 Å². The van der Waals surface area contributed by atoms with Gasteiger partial charge >= 0.3 is 0 Å². The van der Waals surface area contributed by atoms with Gasteiger partial charge in [0.25, 0.3) is 0 Å². The number of imidazole rings is 1. The molecule has 0 aliphatic carbocycles. The van der Waals surface area contributed by atoms with Crippen LogP contribution < -0.4 is 0 Å². The number of rotatable bonds is 9. The number of hydrogen-bond donors (Lipinski definition) is 0. The van der Waals surface area contributed by atoms with Crippen molar-refractivity contribution in [1.29, 1.82) is 5.26 Å². The van der Waals surface area contributed by atoms with Gasteiger partial charge in [0.05, 0.1) is 12.0 Å². The van der Waals surface area contributed by atoms with Crippen molar-refractivity contribution in [3.05, 3.63) is 127 Å². The van der Waals surface area contributed by atoms with E-state index >= 15 is 0 Å². The van der Waals surface area contributed by atoms with Gasteiger partial charge in [-0.3, -0.25) is 0 Å². The van der Waals surface area contributed by atoms with E-state index in [4.69, 9.17) is 5.26 Å². The van der Waals surface area contributed by atoms with E-state index in [1.54, 1.807) is 6.20 Å². The maximum absolute atomic E-state index is 8.81. The largest absolute Gasteiger partial charge is 0.330 e. The average molecular weight is 459 g/mol. The molecule has 0 bridgehead atoms. The third kappa shape index (κ3) is 8.16. The minimum atomic E-state index is -0.00309. The molecular weight excluding hydrogens is 425 g/mol. The smallest absolute Gasteiger partial charge is 0.139 e. The van der Waals surface area contributed by atoms with Gasteiger partial charge in [-0.15, -0.1) is 0 Å². The Hall–Kier alpha value is -3.84. The zero-order chi connectivity index (χ0) is 24.7. The number of nitrogens with zero attached hydrogens (tertiary/aromatic N) is 3. The van der Waals surface area contributed by atoms with E-state index in [-0.39, 0.29) is 5.92 Å². The van der Waals surface area contributed by atoms with E-state index in [0.29, 0.717) is 12.5 Å². The van der Waals surface area contributed by atoms with Crippen molar-refractivity contribution in [2.75, 3.05) is 0 Å². The number of hydrogen-bond acceptors (Lipinski definition) is 2. The first-order valence-electron chi connectivity index (χ1n) is 12.4. The molecule has 3 nitrogen and oxygen atoms in total. The van der Waals surface area contributed by atoms with Crippen LogP contribution in [-0.4, -0.2) is 17.4 Å². The van der Waals surface area contributed by atoms with Crippen LogP contribution in [0.5, 0.6) is 0 Å². The van der Waals surface area contributed by atoms with Gasteiger partial charge in [-0.1, -0.05) is 109 Å². The van der Waals surface area contributed by atoms with Crippen LogP contribution in [0.4, 0.5) is 0 Å². The van der Waals surface area contributed by atoms with Gasteiger partial charge in [0, 0.05) is 30.4 Å². The Kier molecular flexibility index (Phi) is 10.6. The molecule has 0 aliphatic rings. The lowest BCUT2D eigenvalue weighted by Crippen LogP contribution is -2.06. The Bertz CT molecular complexity index is 1140. The van der Waals surface area contributed by atoms with Crippen LogP contribution in [0.2, 0.25) is 6.32 Å². The molecule has 0 saturated heterocycles. The summed E-state index contributed by atoms with van der Waals surface area (Å²) in [7, 11) is 2.22. The lowest BCUT2D eigenvalue weighted by molar-refractivity contribution is 0.585. The molecule has 0 fully saturated rings. The SMILES string of the molecule is BCCC=CCC(c1ccccc1)c1ccccc1.CC(C#N)Cn1ccnc1-c1ccccc1. The molecule has 0 radical (unpaired) electrons. The Morgan fingerprint density at radius 3 is 2.00 bits per heavy atom. The molecule has 0 aliphatic heterocycles. The highest BCUT2D eigenvalue weighted by Crippen LogP contribution is 2.28. The second-order valence-corrected chi connectivity index (χ2v) is 8.67.